The summed E-state index contributed by atoms with van der Waals surface area (Å²) in [5.41, 5.74) is 7.90. The van der Waals surface area contributed by atoms with Crippen molar-refractivity contribution < 1.29 is 0 Å². The topological polar surface area (TPSA) is 69.6 Å². The van der Waals surface area contributed by atoms with Gasteiger partial charge >= 0.3 is 0 Å². The second-order valence-corrected chi connectivity index (χ2v) is 2.70. The van der Waals surface area contributed by atoms with E-state index >= 15 is 0 Å². The monoisotopic (exact) mass is 163 g/mol. The molecule has 0 radical (unpaired) electrons. The van der Waals surface area contributed by atoms with E-state index in [1.54, 1.807) is 10.9 Å². The van der Waals surface area contributed by atoms with E-state index < -0.39 is 0 Å². The number of hydrogen-bond donors (Lipinski definition) is 1. The minimum atomic E-state index is 0.660. The van der Waals surface area contributed by atoms with Crippen LogP contribution < -0.4 is 5.73 Å². The molecule has 0 bridgehead atoms. The van der Waals surface area contributed by atoms with Crippen molar-refractivity contribution >= 4 is 16.7 Å². The number of nitrogens with zero attached hydrogens (tertiary/aromatic N) is 4. The highest BCUT2D eigenvalue weighted by Crippen LogP contribution is 2.18. The van der Waals surface area contributed by atoms with Crippen LogP contribution in [0.5, 0.6) is 0 Å². The summed E-state index contributed by atoms with van der Waals surface area (Å²) in [5, 5.41) is 12.8. The van der Waals surface area contributed by atoms with Crippen LogP contribution >= 0.6 is 0 Å². The van der Waals surface area contributed by atoms with Crippen molar-refractivity contribution in [3.05, 3.63) is 11.9 Å². The molecule has 0 aliphatic carbocycles. The quantitative estimate of drug-likeness (QED) is 0.604. The lowest BCUT2D eigenvalue weighted by molar-refractivity contribution is 0.776. The number of nitrogen functional groups attached to an aromatic ring is 1. The first-order valence-corrected chi connectivity index (χ1v) is 3.60. The van der Waals surface area contributed by atoms with Crippen LogP contribution in [0.4, 0.5) is 5.69 Å². The van der Waals surface area contributed by atoms with Gasteiger partial charge in [0.25, 0.3) is 0 Å². The molecule has 0 spiro atoms. The van der Waals surface area contributed by atoms with Gasteiger partial charge in [-0.1, -0.05) is 0 Å². The fourth-order valence-corrected chi connectivity index (χ4v) is 1.11. The molecule has 0 unspecified atom stereocenters. The predicted molar refractivity (Wildman–Crippen MR) is 45.5 cm³/mol. The lowest BCUT2D eigenvalue weighted by atomic mass is 10.3. The summed E-state index contributed by atoms with van der Waals surface area (Å²) in [6, 6.07) is 0. The van der Waals surface area contributed by atoms with Gasteiger partial charge in [0.2, 0.25) is 0 Å². The van der Waals surface area contributed by atoms with E-state index in [0.29, 0.717) is 5.69 Å². The summed E-state index contributed by atoms with van der Waals surface area (Å²) in [6.07, 6.45) is 1.70. The van der Waals surface area contributed by atoms with Crippen molar-refractivity contribution in [2.24, 2.45) is 7.05 Å². The third-order valence-corrected chi connectivity index (χ3v) is 1.88. The van der Waals surface area contributed by atoms with Gasteiger partial charge in [-0.25, -0.2) is 4.68 Å². The molecule has 0 saturated heterocycles. The SMILES string of the molecule is Cc1nnc2c(cnn2C)c1N. The maximum absolute atomic E-state index is 5.78. The summed E-state index contributed by atoms with van der Waals surface area (Å²) in [7, 11) is 1.81. The Balaban J connectivity index is 2.93. The van der Waals surface area contributed by atoms with Gasteiger partial charge in [-0.05, 0) is 6.92 Å². The Morgan fingerprint density at radius 1 is 1.42 bits per heavy atom. The zero-order chi connectivity index (χ0) is 8.72. The van der Waals surface area contributed by atoms with E-state index in [2.05, 4.69) is 15.3 Å². The second kappa shape index (κ2) is 2.17. The standard InChI is InChI=1S/C7H9N5/c1-4-6(8)5-3-9-12(2)7(5)11-10-4/h3H,1-2H3,(H2,8,11). The molecule has 2 rings (SSSR count). The van der Waals surface area contributed by atoms with E-state index in [9.17, 15) is 0 Å². The molecule has 5 nitrogen and oxygen atoms in total. The molecule has 0 aliphatic heterocycles. The van der Waals surface area contributed by atoms with Crippen LogP contribution in [0.15, 0.2) is 6.20 Å². The number of aromatic nitrogens is 4. The summed E-state index contributed by atoms with van der Waals surface area (Å²) in [5.74, 6) is 0. The van der Waals surface area contributed by atoms with Gasteiger partial charge in [-0.3, -0.25) is 0 Å². The lowest BCUT2D eigenvalue weighted by Crippen LogP contribution is -1.98. The maximum atomic E-state index is 5.78. The van der Waals surface area contributed by atoms with E-state index in [4.69, 9.17) is 5.73 Å². The van der Waals surface area contributed by atoms with Crippen LogP contribution in [0, 0.1) is 6.92 Å². The Hall–Kier alpha value is -1.65. The zero-order valence-corrected chi connectivity index (χ0v) is 6.94. The Kier molecular flexibility index (Phi) is 1.27. The van der Waals surface area contributed by atoms with Crippen molar-refractivity contribution in [2.45, 2.75) is 6.92 Å². The molecule has 2 aromatic heterocycles. The molecule has 0 amide bonds. The Morgan fingerprint density at radius 3 is 2.92 bits per heavy atom. The minimum absolute atomic E-state index is 0.660. The molecular formula is C7H9N5. The van der Waals surface area contributed by atoms with E-state index in [-0.39, 0.29) is 0 Å². The van der Waals surface area contributed by atoms with Crippen molar-refractivity contribution in [3.63, 3.8) is 0 Å². The summed E-state index contributed by atoms with van der Waals surface area (Å²) in [4.78, 5) is 0. The average Bonchev–Trinajstić information content (AvgIpc) is 2.41. The van der Waals surface area contributed by atoms with Crippen LogP contribution in [-0.2, 0) is 7.05 Å². The summed E-state index contributed by atoms with van der Waals surface area (Å²) >= 11 is 0. The minimum Gasteiger partial charge on any atom is -0.397 e. The third-order valence-electron chi connectivity index (χ3n) is 1.88. The third kappa shape index (κ3) is 0.761. The number of aryl methyl sites for hydroxylation is 2. The number of rotatable bonds is 0. The molecule has 5 heteroatoms. The number of anilines is 1. The van der Waals surface area contributed by atoms with E-state index in [1.807, 2.05) is 14.0 Å². The number of fused-ring (bicyclic) bond motifs is 1. The molecule has 2 heterocycles. The highest BCUT2D eigenvalue weighted by atomic mass is 15.3. The first-order valence-electron chi connectivity index (χ1n) is 3.60. The molecular weight excluding hydrogens is 154 g/mol. The van der Waals surface area contributed by atoms with Gasteiger partial charge in [0.15, 0.2) is 5.65 Å². The van der Waals surface area contributed by atoms with Gasteiger partial charge in [0.05, 0.1) is 23.0 Å². The molecule has 0 aromatic carbocycles. The Bertz CT molecular complexity index is 431. The second-order valence-electron chi connectivity index (χ2n) is 2.70. The molecule has 0 fully saturated rings. The van der Waals surface area contributed by atoms with E-state index in [1.165, 1.54) is 0 Å². The predicted octanol–water partition coefficient (Wildman–Crippen LogP) is 0.254. The van der Waals surface area contributed by atoms with Crippen LogP contribution in [-0.4, -0.2) is 20.0 Å². The fourth-order valence-electron chi connectivity index (χ4n) is 1.11. The normalized spacial score (nSPS) is 10.8. The lowest BCUT2D eigenvalue weighted by Gasteiger charge is -1.98. The molecule has 0 atom stereocenters. The molecule has 2 N–H and O–H groups in total. The molecule has 2 aromatic rings. The Labute approximate surface area is 69.2 Å². The summed E-state index contributed by atoms with van der Waals surface area (Å²) in [6.45, 7) is 1.83. The molecule has 12 heavy (non-hydrogen) atoms. The highest BCUT2D eigenvalue weighted by molar-refractivity contribution is 5.87. The van der Waals surface area contributed by atoms with Crippen molar-refractivity contribution in [2.75, 3.05) is 5.73 Å². The van der Waals surface area contributed by atoms with Gasteiger partial charge in [-0.2, -0.15) is 10.2 Å². The molecule has 0 aliphatic rings. The van der Waals surface area contributed by atoms with Gasteiger partial charge in [0.1, 0.15) is 0 Å². The van der Waals surface area contributed by atoms with Gasteiger partial charge < -0.3 is 5.73 Å². The first kappa shape index (κ1) is 7.02. The Morgan fingerprint density at radius 2 is 2.17 bits per heavy atom. The molecule has 0 saturated carbocycles. The zero-order valence-electron chi connectivity index (χ0n) is 6.94. The van der Waals surface area contributed by atoms with Crippen molar-refractivity contribution in [3.8, 4) is 0 Å². The first-order chi connectivity index (χ1) is 5.70. The fraction of sp³-hybridized carbons (Fsp3) is 0.286. The van der Waals surface area contributed by atoms with Crippen molar-refractivity contribution in [1.29, 1.82) is 0 Å². The highest BCUT2D eigenvalue weighted by Gasteiger charge is 2.06. The van der Waals surface area contributed by atoms with Gasteiger partial charge in [-0.15, -0.1) is 5.10 Å². The largest absolute Gasteiger partial charge is 0.397 e. The maximum Gasteiger partial charge on any atom is 0.182 e. The number of hydrogen-bond acceptors (Lipinski definition) is 4. The summed E-state index contributed by atoms with van der Waals surface area (Å²) < 4.78 is 1.65. The smallest absolute Gasteiger partial charge is 0.182 e. The van der Waals surface area contributed by atoms with Crippen LogP contribution in [0.2, 0.25) is 0 Å². The van der Waals surface area contributed by atoms with Crippen LogP contribution in [0.1, 0.15) is 5.69 Å². The van der Waals surface area contributed by atoms with Crippen molar-refractivity contribution in [1.82, 2.24) is 20.0 Å². The molecule has 62 valence electrons. The van der Waals surface area contributed by atoms with Crippen LogP contribution in [0.25, 0.3) is 11.0 Å². The number of nitrogens with two attached hydrogens (primary N) is 1. The van der Waals surface area contributed by atoms with Crippen LogP contribution in [0.3, 0.4) is 0 Å². The van der Waals surface area contributed by atoms with E-state index in [0.717, 1.165) is 16.7 Å². The average molecular weight is 163 g/mol. The van der Waals surface area contributed by atoms with Gasteiger partial charge in [0, 0.05) is 7.05 Å².